The zero-order chi connectivity index (χ0) is 9.68. The van der Waals surface area contributed by atoms with Crippen molar-refractivity contribution in [2.75, 3.05) is 12.3 Å². The second-order valence-corrected chi connectivity index (χ2v) is 2.85. The summed E-state index contributed by atoms with van der Waals surface area (Å²) in [7, 11) is 0. The molecule has 0 aliphatic carbocycles. The Morgan fingerprint density at radius 3 is 2.92 bits per heavy atom. The van der Waals surface area contributed by atoms with E-state index in [1.54, 1.807) is 12.1 Å². The molecule has 0 aliphatic rings. The molecule has 0 bridgehead atoms. The number of ether oxygens (including phenoxy) is 1. The molecular weight excluding hydrogens is 169 g/mol. The van der Waals surface area contributed by atoms with Crippen LogP contribution in [0.3, 0.4) is 0 Å². The molecule has 0 radical (unpaired) electrons. The maximum Gasteiger partial charge on any atom is 0.149 e. The average molecular weight is 183 g/mol. The number of hydrogen-bond acceptors (Lipinski definition) is 2. The fourth-order valence-electron chi connectivity index (χ4n) is 0.970. The third kappa shape index (κ3) is 2.61. The summed E-state index contributed by atoms with van der Waals surface area (Å²) in [4.78, 5) is 0. The van der Waals surface area contributed by atoms with Crippen LogP contribution < -0.4 is 10.5 Å². The first-order chi connectivity index (χ1) is 6.25. The van der Waals surface area contributed by atoms with E-state index in [1.807, 2.05) is 0 Å². The largest absolute Gasteiger partial charge is 0.491 e. The van der Waals surface area contributed by atoms with Crippen molar-refractivity contribution in [2.45, 2.75) is 19.8 Å². The minimum absolute atomic E-state index is 0.0959. The molecule has 3 heteroatoms. The number of rotatable bonds is 4. The van der Waals surface area contributed by atoms with Gasteiger partial charge in [0.2, 0.25) is 0 Å². The van der Waals surface area contributed by atoms with E-state index in [-0.39, 0.29) is 5.69 Å². The van der Waals surface area contributed by atoms with Crippen LogP contribution in [0.1, 0.15) is 19.8 Å². The first kappa shape index (κ1) is 9.84. The van der Waals surface area contributed by atoms with Crippen LogP contribution in [0.15, 0.2) is 18.2 Å². The Kier molecular flexibility index (Phi) is 3.55. The van der Waals surface area contributed by atoms with E-state index >= 15 is 0 Å². The highest BCUT2D eigenvalue weighted by molar-refractivity contribution is 5.53. The van der Waals surface area contributed by atoms with Crippen LogP contribution in [0.2, 0.25) is 0 Å². The van der Waals surface area contributed by atoms with Crippen molar-refractivity contribution in [3.63, 3.8) is 0 Å². The van der Waals surface area contributed by atoms with Crippen LogP contribution >= 0.6 is 0 Å². The number of hydrogen-bond donors (Lipinski definition) is 1. The predicted molar refractivity (Wildman–Crippen MR) is 51.2 cm³/mol. The molecule has 2 N–H and O–H groups in total. The molecule has 0 fully saturated rings. The van der Waals surface area contributed by atoms with Gasteiger partial charge in [-0.3, -0.25) is 0 Å². The van der Waals surface area contributed by atoms with Crippen molar-refractivity contribution in [1.29, 1.82) is 0 Å². The van der Waals surface area contributed by atoms with E-state index < -0.39 is 5.82 Å². The van der Waals surface area contributed by atoms with E-state index in [0.717, 1.165) is 12.8 Å². The Labute approximate surface area is 77.5 Å². The molecule has 0 spiro atoms. The summed E-state index contributed by atoms with van der Waals surface area (Å²) in [6.07, 6.45) is 2.01. The van der Waals surface area contributed by atoms with Crippen LogP contribution in [0, 0.1) is 5.82 Å². The first-order valence-corrected chi connectivity index (χ1v) is 4.42. The molecule has 1 aromatic carbocycles. The van der Waals surface area contributed by atoms with Gasteiger partial charge < -0.3 is 10.5 Å². The normalized spacial score (nSPS) is 10.0. The topological polar surface area (TPSA) is 35.2 Å². The zero-order valence-electron chi connectivity index (χ0n) is 7.72. The lowest BCUT2D eigenvalue weighted by atomic mass is 10.3. The molecule has 0 amide bonds. The molecule has 0 atom stereocenters. The lowest BCUT2D eigenvalue weighted by Gasteiger charge is -2.07. The monoisotopic (exact) mass is 183 g/mol. The van der Waals surface area contributed by atoms with Gasteiger partial charge in [-0.1, -0.05) is 19.4 Å². The number of nitrogens with two attached hydrogens (primary N) is 1. The Morgan fingerprint density at radius 1 is 1.46 bits per heavy atom. The van der Waals surface area contributed by atoms with E-state index in [0.29, 0.717) is 12.4 Å². The minimum Gasteiger partial charge on any atom is -0.491 e. The maximum atomic E-state index is 12.9. The zero-order valence-corrected chi connectivity index (χ0v) is 7.72. The number of benzene rings is 1. The van der Waals surface area contributed by atoms with Crippen molar-refractivity contribution in [1.82, 2.24) is 0 Å². The van der Waals surface area contributed by atoms with E-state index in [9.17, 15) is 4.39 Å². The number of anilines is 1. The Balaban J connectivity index is 2.61. The van der Waals surface area contributed by atoms with E-state index in [4.69, 9.17) is 10.5 Å². The molecule has 0 unspecified atom stereocenters. The number of unbranched alkanes of at least 4 members (excludes halogenated alkanes) is 1. The number of halogens is 1. The third-order valence-electron chi connectivity index (χ3n) is 1.77. The predicted octanol–water partition coefficient (Wildman–Crippen LogP) is 2.59. The van der Waals surface area contributed by atoms with Crippen molar-refractivity contribution < 1.29 is 9.13 Å². The maximum absolute atomic E-state index is 12.9. The van der Waals surface area contributed by atoms with Crippen molar-refractivity contribution in [3.8, 4) is 5.75 Å². The second kappa shape index (κ2) is 4.70. The summed E-state index contributed by atoms with van der Waals surface area (Å²) < 4.78 is 18.2. The van der Waals surface area contributed by atoms with Gasteiger partial charge in [0.05, 0.1) is 6.61 Å². The summed E-state index contributed by atoms with van der Waals surface area (Å²) in [6.45, 7) is 2.66. The molecule has 1 aromatic rings. The van der Waals surface area contributed by atoms with Crippen LogP contribution in [0.4, 0.5) is 10.1 Å². The van der Waals surface area contributed by atoms with Gasteiger partial charge in [-0.15, -0.1) is 0 Å². The minimum atomic E-state index is -0.422. The van der Waals surface area contributed by atoms with E-state index in [2.05, 4.69) is 6.92 Å². The summed E-state index contributed by atoms with van der Waals surface area (Å²) in [5.41, 5.74) is 5.56. The van der Waals surface area contributed by atoms with Crippen LogP contribution in [-0.4, -0.2) is 6.61 Å². The third-order valence-corrected chi connectivity index (χ3v) is 1.77. The fraction of sp³-hybridized carbons (Fsp3) is 0.400. The summed E-state index contributed by atoms with van der Waals surface area (Å²) >= 11 is 0. The van der Waals surface area contributed by atoms with E-state index in [1.165, 1.54) is 6.07 Å². The molecule has 2 nitrogen and oxygen atoms in total. The first-order valence-electron chi connectivity index (χ1n) is 4.42. The van der Waals surface area contributed by atoms with Gasteiger partial charge in [0.25, 0.3) is 0 Å². The molecular formula is C10H14FNO. The lowest BCUT2D eigenvalue weighted by molar-refractivity contribution is 0.310. The highest BCUT2D eigenvalue weighted by Crippen LogP contribution is 2.23. The Morgan fingerprint density at radius 2 is 2.23 bits per heavy atom. The number of nitrogen functional groups attached to an aromatic ring is 1. The highest BCUT2D eigenvalue weighted by Gasteiger charge is 2.03. The summed E-state index contributed by atoms with van der Waals surface area (Å²) in [5, 5.41) is 0. The quantitative estimate of drug-likeness (QED) is 0.575. The van der Waals surface area contributed by atoms with Crippen molar-refractivity contribution >= 4 is 5.69 Å². The molecule has 0 aliphatic heterocycles. The van der Waals surface area contributed by atoms with Gasteiger partial charge in [-0.05, 0) is 18.6 Å². The molecule has 0 saturated heterocycles. The molecule has 1 rings (SSSR count). The molecule has 13 heavy (non-hydrogen) atoms. The summed E-state index contributed by atoms with van der Waals surface area (Å²) in [5.74, 6) is 0.0162. The molecule has 0 saturated carbocycles. The lowest BCUT2D eigenvalue weighted by Crippen LogP contribution is -2.01. The SMILES string of the molecule is CCCCOc1cccc(F)c1N. The van der Waals surface area contributed by atoms with Gasteiger partial charge in [0.15, 0.2) is 0 Å². The smallest absolute Gasteiger partial charge is 0.149 e. The van der Waals surface area contributed by atoms with Crippen LogP contribution in [0.5, 0.6) is 5.75 Å². The second-order valence-electron chi connectivity index (χ2n) is 2.85. The fourth-order valence-corrected chi connectivity index (χ4v) is 0.970. The molecule has 72 valence electrons. The van der Waals surface area contributed by atoms with Crippen LogP contribution in [0.25, 0.3) is 0 Å². The van der Waals surface area contributed by atoms with Crippen LogP contribution in [-0.2, 0) is 0 Å². The molecule has 0 heterocycles. The van der Waals surface area contributed by atoms with Gasteiger partial charge in [0, 0.05) is 0 Å². The highest BCUT2D eigenvalue weighted by atomic mass is 19.1. The van der Waals surface area contributed by atoms with Gasteiger partial charge in [-0.2, -0.15) is 0 Å². The van der Waals surface area contributed by atoms with Gasteiger partial charge >= 0.3 is 0 Å². The number of para-hydroxylation sites is 1. The standard InChI is InChI=1S/C10H14FNO/c1-2-3-7-13-9-6-4-5-8(11)10(9)12/h4-6H,2-3,7,12H2,1H3. The van der Waals surface area contributed by atoms with Gasteiger partial charge in [-0.25, -0.2) is 4.39 Å². The molecule has 0 aromatic heterocycles. The van der Waals surface area contributed by atoms with Crippen molar-refractivity contribution in [2.24, 2.45) is 0 Å². The van der Waals surface area contributed by atoms with Crippen molar-refractivity contribution in [3.05, 3.63) is 24.0 Å². The Bertz CT molecular complexity index is 276. The summed E-state index contributed by atoms with van der Waals surface area (Å²) in [6, 6.07) is 4.59. The average Bonchev–Trinajstić information content (AvgIpc) is 2.13. The Hall–Kier alpha value is -1.25. The van der Waals surface area contributed by atoms with Gasteiger partial charge in [0.1, 0.15) is 17.3 Å².